The van der Waals surface area contributed by atoms with Crippen LogP contribution in [0, 0.1) is 0 Å². The molecule has 36 heavy (non-hydrogen) atoms. The van der Waals surface area contributed by atoms with E-state index in [1.54, 1.807) is 37.3 Å². The molecule has 170 valence electrons. The van der Waals surface area contributed by atoms with Crippen LogP contribution in [0.3, 0.4) is 0 Å². The van der Waals surface area contributed by atoms with E-state index < -0.39 is 0 Å². The molecule has 0 atom stereocenters. The van der Waals surface area contributed by atoms with Gasteiger partial charge in [0, 0.05) is 34.6 Å². The van der Waals surface area contributed by atoms with Gasteiger partial charge < -0.3 is 8.83 Å². The van der Waals surface area contributed by atoms with Gasteiger partial charge in [-0.25, -0.2) is 9.97 Å². The Kier molecular flexibility index (Phi) is 4.67. The van der Waals surface area contributed by atoms with Gasteiger partial charge in [0.25, 0.3) is 0 Å². The van der Waals surface area contributed by atoms with E-state index >= 15 is 0 Å². The van der Waals surface area contributed by atoms with Crippen molar-refractivity contribution < 1.29 is 8.83 Å². The van der Waals surface area contributed by atoms with Gasteiger partial charge in [-0.05, 0) is 45.8 Å². The highest BCUT2D eigenvalue weighted by atomic mass is 16.3. The SMILES string of the molecule is c1ccc2c(-c3cc(-c4ncco4)ccn3)c3ccccc3c(-c3cc(-c4ncco4)ccn3)c2c1. The van der Waals surface area contributed by atoms with Crippen LogP contribution in [0.5, 0.6) is 0 Å². The smallest absolute Gasteiger partial charge is 0.225 e. The van der Waals surface area contributed by atoms with Crippen LogP contribution in [-0.4, -0.2) is 19.9 Å². The first-order chi connectivity index (χ1) is 17.9. The molecule has 0 radical (unpaired) electrons. The average molecular weight is 467 g/mol. The number of hydrogen-bond donors (Lipinski definition) is 0. The molecule has 0 amide bonds. The summed E-state index contributed by atoms with van der Waals surface area (Å²) >= 11 is 0. The molecule has 0 N–H and O–H groups in total. The van der Waals surface area contributed by atoms with Crippen molar-refractivity contribution in [3.63, 3.8) is 0 Å². The Bertz CT molecular complexity index is 1650. The molecule has 0 aliphatic carbocycles. The molecule has 0 aliphatic heterocycles. The fourth-order valence-corrected chi connectivity index (χ4v) is 4.81. The van der Waals surface area contributed by atoms with E-state index in [4.69, 9.17) is 18.8 Å². The van der Waals surface area contributed by atoms with Crippen LogP contribution in [0.2, 0.25) is 0 Å². The molecule has 3 aromatic carbocycles. The Morgan fingerprint density at radius 3 is 1.22 bits per heavy atom. The summed E-state index contributed by atoms with van der Waals surface area (Å²) in [6.07, 6.45) is 10.0. The first kappa shape index (κ1) is 20.3. The van der Waals surface area contributed by atoms with Gasteiger partial charge in [-0.15, -0.1) is 0 Å². The van der Waals surface area contributed by atoms with Crippen molar-refractivity contribution in [1.29, 1.82) is 0 Å². The van der Waals surface area contributed by atoms with E-state index in [9.17, 15) is 0 Å². The largest absolute Gasteiger partial charge is 0.445 e. The summed E-state index contributed by atoms with van der Waals surface area (Å²) < 4.78 is 11.1. The number of fused-ring (bicyclic) bond motifs is 2. The average Bonchev–Trinajstić information content (AvgIpc) is 3.67. The molecule has 6 nitrogen and oxygen atoms in total. The quantitative estimate of drug-likeness (QED) is 0.251. The minimum absolute atomic E-state index is 0.566. The summed E-state index contributed by atoms with van der Waals surface area (Å²) in [5, 5.41) is 4.36. The van der Waals surface area contributed by atoms with Crippen molar-refractivity contribution in [3.05, 3.63) is 110 Å². The lowest BCUT2D eigenvalue weighted by atomic mass is 9.88. The van der Waals surface area contributed by atoms with Crippen molar-refractivity contribution in [2.45, 2.75) is 0 Å². The fourth-order valence-electron chi connectivity index (χ4n) is 4.81. The maximum absolute atomic E-state index is 5.54. The number of rotatable bonds is 4. The Labute approximate surface area is 205 Å². The Hall–Kier alpha value is -5.10. The molecule has 0 bridgehead atoms. The second-order valence-electron chi connectivity index (χ2n) is 8.38. The fraction of sp³-hybridized carbons (Fsp3) is 0. The molecule has 0 unspecified atom stereocenters. The van der Waals surface area contributed by atoms with E-state index in [2.05, 4.69) is 58.5 Å². The molecule has 0 spiro atoms. The second-order valence-corrected chi connectivity index (χ2v) is 8.38. The predicted octanol–water partition coefficient (Wildman–Crippen LogP) is 7.43. The molecular weight excluding hydrogens is 448 g/mol. The highest BCUT2D eigenvalue weighted by Crippen LogP contribution is 2.43. The topological polar surface area (TPSA) is 77.8 Å². The molecular formula is C30H18N4O2. The van der Waals surface area contributed by atoms with E-state index in [0.717, 1.165) is 55.2 Å². The van der Waals surface area contributed by atoms with E-state index in [-0.39, 0.29) is 0 Å². The summed E-state index contributed by atoms with van der Waals surface area (Å²) in [5.74, 6) is 1.13. The maximum Gasteiger partial charge on any atom is 0.225 e. The zero-order valence-corrected chi connectivity index (χ0v) is 19.0. The van der Waals surface area contributed by atoms with Gasteiger partial charge in [0.1, 0.15) is 12.5 Å². The lowest BCUT2D eigenvalue weighted by Crippen LogP contribution is -1.94. The lowest BCUT2D eigenvalue weighted by Gasteiger charge is -2.17. The Balaban J connectivity index is 1.54. The second kappa shape index (κ2) is 8.29. The van der Waals surface area contributed by atoms with Crippen LogP contribution in [0.25, 0.3) is 67.0 Å². The van der Waals surface area contributed by atoms with Gasteiger partial charge in [-0.1, -0.05) is 48.5 Å². The lowest BCUT2D eigenvalue weighted by molar-refractivity contribution is 0.574. The van der Waals surface area contributed by atoms with Gasteiger partial charge in [-0.2, -0.15) is 0 Å². The summed E-state index contributed by atoms with van der Waals surface area (Å²) in [6.45, 7) is 0. The molecule has 4 aromatic heterocycles. The van der Waals surface area contributed by atoms with Crippen LogP contribution in [0.15, 0.2) is 119 Å². The van der Waals surface area contributed by atoms with Gasteiger partial charge in [0.15, 0.2) is 0 Å². The molecule has 0 aliphatic rings. The van der Waals surface area contributed by atoms with Crippen molar-refractivity contribution in [2.75, 3.05) is 0 Å². The third-order valence-corrected chi connectivity index (χ3v) is 6.32. The number of pyridine rings is 2. The zero-order valence-electron chi connectivity index (χ0n) is 19.0. The monoisotopic (exact) mass is 466 g/mol. The molecule has 4 heterocycles. The minimum Gasteiger partial charge on any atom is -0.445 e. The minimum atomic E-state index is 0.566. The highest BCUT2D eigenvalue weighted by Gasteiger charge is 2.19. The van der Waals surface area contributed by atoms with Crippen molar-refractivity contribution in [2.24, 2.45) is 0 Å². The first-order valence-corrected chi connectivity index (χ1v) is 11.5. The molecule has 7 rings (SSSR count). The normalized spacial score (nSPS) is 11.3. The van der Waals surface area contributed by atoms with Crippen molar-refractivity contribution >= 4 is 21.5 Å². The van der Waals surface area contributed by atoms with Gasteiger partial charge in [0.05, 0.1) is 23.8 Å². The summed E-state index contributed by atoms with van der Waals surface area (Å²) in [5.41, 5.74) is 5.58. The molecule has 7 aromatic rings. The zero-order chi connectivity index (χ0) is 23.9. The van der Waals surface area contributed by atoms with Crippen LogP contribution < -0.4 is 0 Å². The third-order valence-electron chi connectivity index (χ3n) is 6.32. The molecule has 0 fully saturated rings. The Morgan fingerprint density at radius 2 is 0.861 bits per heavy atom. The number of benzene rings is 3. The number of hydrogen-bond acceptors (Lipinski definition) is 6. The number of aromatic nitrogens is 4. The number of oxazole rings is 2. The van der Waals surface area contributed by atoms with Crippen molar-refractivity contribution in [1.82, 2.24) is 19.9 Å². The van der Waals surface area contributed by atoms with Crippen LogP contribution in [0.4, 0.5) is 0 Å². The third kappa shape index (κ3) is 3.27. The van der Waals surface area contributed by atoms with Gasteiger partial charge >= 0.3 is 0 Å². The maximum atomic E-state index is 5.54. The summed E-state index contributed by atoms with van der Waals surface area (Å²) in [6, 6.07) is 24.6. The molecule has 0 saturated carbocycles. The first-order valence-electron chi connectivity index (χ1n) is 11.5. The van der Waals surface area contributed by atoms with E-state index in [1.807, 2.05) is 24.3 Å². The summed E-state index contributed by atoms with van der Waals surface area (Å²) in [4.78, 5) is 18.2. The highest BCUT2D eigenvalue weighted by molar-refractivity contribution is 6.20. The van der Waals surface area contributed by atoms with E-state index in [1.165, 1.54) is 0 Å². The standard InChI is InChI=1S/C30H18N4O2/c1-2-6-22-21(5-1)27(25-17-19(9-11-31-25)29-33-13-15-35-29)23-7-3-4-8-24(23)28(22)26-18-20(10-12-32-26)30-34-14-16-36-30/h1-18H. The van der Waals surface area contributed by atoms with Crippen LogP contribution in [0.1, 0.15) is 0 Å². The predicted molar refractivity (Wildman–Crippen MR) is 139 cm³/mol. The molecule has 0 saturated heterocycles. The molecule has 6 heteroatoms. The Morgan fingerprint density at radius 1 is 0.444 bits per heavy atom. The van der Waals surface area contributed by atoms with Gasteiger partial charge in [0.2, 0.25) is 11.8 Å². The van der Waals surface area contributed by atoms with E-state index in [0.29, 0.717) is 11.8 Å². The van der Waals surface area contributed by atoms with Crippen molar-refractivity contribution in [3.8, 4) is 45.4 Å². The summed E-state index contributed by atoms with van der Waals surface area (Å²) in [7, 11) is 0. The van der Waals surface area contributed by atoms with Crippen LogP contribution in [-0.2, 0) is 0 Å². The van der Waals surface area contributed by atoms with Crippen LogP contribution >= 0.6 is 0 Å². The number of nitrogens with zero attached hydrogens (tertiary/aromatic N) is 4. The van der Waals surface area contributed by atoms with Gasteiger partial charge in [-0.3, -0.25) is 9.97 Å².